The first-order valence-corrected chi connectivity index (χ1v) is 9.61. The van der Waals surface area contributed by atoms with Gasteiger partial charge in [0.15, 0.2) is 5.82 Å². The highest BCUT2D eigenvalue weighted by atomic mass is 16.5. The van der Waals surface area contributed by atoms with Gasteiger partial charge in [0, 0.05) is 23.7 Å². The number of aromatic nitrogens is 2. The van der Waals surface area contributed by atoms with E-state index in [1.807, 2.05) is 32.0 Å². The maximum atomic E-state index is 11.9. The predicted octanol–water partition coefficient (Wildman–Crippen LogP) is 4.01. The van der Waals surface area contributed by atoms with Crippen LogP contribution in [0.15, 0.2) is 48.8 Å². The summed E-state index contributed by atoms with van der Waals surface area (Å²) in [6, 6.07) is 10.6. The second-order valence-corrected chi connectivity index (χ2v) is 7.40. The maximum absolute atomic E-state index is 11.9. The van der Waals surface area contributed by atoms with Crippen molar-refractivity contribution in [1.82, 2.24) is 14.7 Å². The van der Waals surface area contributed by atoms with Crippen LogP contribution in [-0.4, -0.2) is 27.4 Å². The lowest BCUT2D eigenvalue weighted by molar-refractivity contribution is -0.117. The summed E-state index contributed by atoms with van der Waals surface area (Å²) >= 11 is 0. The molecule has 150 valence electrons. The molecule has 1 aromatic carbocycles. The Balaban J connectivity index is 1.45. The van der Waals surface area contributed by atoms with E-state index in [1.165, 1.54) is 0 Å². The molecular weight excluding hydrogens is 370 g/mol. The molecule has 3 amide bonds. The average Bonchev–Trinajstić information content (AvgIpc) is 3.42. The number of nitrogens with zero attached hydrogens (tertiary/aromatic N) is 2. The van der Waals surface area contributed by atoms with Gasteiger partial charge in [0.2, 0.25) is 5.91 Å². The molecule has 0 bridgehead atoms. The molecule has 0 atom stereocenters. The van der Waals surface area contributed by atoms with Crippen LogP contribution in [0.4, 0.5) is 16.3 Å². The number of rotatable bonds is 6. The number of hydrogen-bond donors (Lipinski definition) is 3. The topological polar surface area (TPSA) is 96.8 Å². The first-order chi connectivity index (χ1) is 14.0. The monoisotopic (exact) mass is 393 g/mol. The number of nitrogens with one attached hydrogen (secondary N) is 3. The first kappa shape index (κ1) is 18.8. The highest BCUT2D eigenvalue weighted by Gasteiger charge is 2.30. The minimum Gasteiger partial charge on any atom is -0.456 e. The number of carbonyl (C=O) groups is 2. The first-order valence-electron chi connectivity index (χ1n) is 9.61. The Morgan fingerprint density at radius 2 is 1.93 bits per heavy atom. The molecule has 29 heavy (non-hydrogen) atoms. The van der Waals surface area contributed by atoms with Crippen LogP contribution in [0, 0.1) is 5.92 Å². The summed E-state index contributed by atoms with van der Waals surface area (Å²) in [4.78, 5) is 28.2. The van der Waals surface area contributed by atoms with Crippen LogP contribution in [0.5, 0.6) is 11.5 Å². The minimum atomic E-state index is -0.266. The quantitative estimate of drug-likeness (QED) is 0.590. The fourth-order valence-electron chi connectivity index (χ4n) is 2.87. The van der Waals surface area contributed by atoms with Gasteiger partial charge in [-0.05, 0) is 51.0 Å². The molecule has 8 heteroatoms. The molecular formula is C21H23N5O3. The smallest absolute Gasteiger partial charge is 0.319 e. The Bertz CT molecular complexity index is 1060. The lowest BCUT2D eigenvalue weighted by atomic mass is 10.3. The number of fused-ring (bicyclic) bond motifs is 1. The maximum Gasteiger partial charge on any atom is 0.319 e. The van der Waals surface area contributed by atoms with Crippen molar-refractivity contribution in [2.45, 2.75) is 32.7 Å². The van der Waals surface area contributed by atoms with E-state index in [-0.39, 0.29) is 23.9 Å². The molecule has 3 aromatic rings. The molecule has 1 aliphatic rings. The number of ether oxygens (including phenoxy) is 1. The van der Waals surface area contributed by atoms with E-state index in [1.54, 1.807) is 35.0 Å². The lowest BCUT2D eigenvalue weighted by Crippen LogP contribution is -2.34. The van der Waals surface area contributed by atoms with Gasteiger partial charge < -0.3 is 25.1 Å². The fraction of sp³-hybridized carbons (Fsp3) is 0.286. The third-order valence-electron chi connectivity index (χ3n) is 4.37. The zero-order chi connectivity index (χ0) is 20.4. The summed E-state index contributed by atoms with van der Waals surface area (Å²) in [5.74, 6) is 1.88. The van der Waals surface area contributed by atoms with Crippen LogP contribution in [0.25, 0.3) is 5.65 Å². The summed E-state index contributed by atoms with van der Waals surface area (Å²) in [6.07, 6.45) is 5.45. The highest BCUT2D eigenvalue weighted by Crippen LogP contribution is 2.30. The van der Waals surface area contributed by atoms with Crippen LogP contribution < -0.4 is 20.7 Å². The van der Waals surface area contributed by atoms with E-state index in [9.17, 15) is 9.59 Å². The Hall–Kier alpha value is -3.55. The van der Waals surface area contributed by atoms with Gasteiger partial charge in [0.25, 0.3) is 0 Å². The van der Waals surface area contributed by atoms with Crippen molar-refractivity contribution in [2.75, 3.05) is 10.6 Å². The van der Waals surface area contributed by atoms with E-state index in [4.69, 9.17) is 4.74 Å². The van der Waals surface area contributed by atoms with Crippen molar-refractivity contribution in [2.24, 2.45) is 5.92 Å². The van der Waals surface area contributed by atoms with Crippen molar-refractivity contribution >= 4 is 29.1 Å². The minimum absolute atomic E-state index is 0.0238. The molecule has 0 saturated heterocycles. The fourth-order valence-corrected chi connectivity index (χ4v) is 2.87. The van der Waals surface area contributed by atoms with Crippen LogP contribution in [-0.2, 0) is 4.79 Å². The number of hydrogen-bond acceptors (Lipinski definition) is 4. The third-order valence-corrected chi connectivity index (χ3v) is 4.37. The number of anilines is 2. The largest absolute Gasteiger partial charge is 0.456 e. The van der Waals surface area contributed by atoms with Gasteiger partial charge in [-0.2, -0.15) is 0 Å². The average molecular weight is 393 g/mol. The van der Waals surface area contributed by atoms with Gasteiger partial charge in [0.1, 0.15) is 17.1 Å². The summed E-state index contributed by atoms with van der Waals surface area (Å²) in [6.45, 7) is 3.79. The van der Waals surface area contributed by atoms with Gasteiger partial charge in [-0.25, -0.2) is 9.78 Å². The number of pyridine rings is 1. The zero-order valence-corrected chi connectivity index (χ0v) is 16.3. The number of imidazole rings is 1. The van der Waals surface area contributed by atoms with Crippen LogP contribution in [0.1, 0.15) is 26.7 Å². The van der Waals surface area contributed by atoms with Gasteiger partial charge in [-0.1, -0.05) is 6.07 Å². The standard InChI is InChI=1S/C21H23N5O3/c1-13(2)22-21(28)23-15-4-3-5-16(10-15)29-17-8-9-19-24-18(12-26(19)11-17)25-20(27)14-6-7-14/h3-5,8-14H,6-7H2,1-2H3,(H,25,27)(H2,22,23,28). The van der Waals surface area contributed by atoms with E-state index < -0.39 is 0 Å². The second-order valence-electron chi connectivity index (χ2n) is 7.40. The molecule has 4 rings (SSSR count). The number of benzene rings is 1. The van der Waals surface area contributed by atoms with Crippen molar-refractivity contribution < 1.29 is 14.3 Å². The van der Waals surface area contributed by atoms with Gasteiger partial charge >= 0.3 is 6.03 Å². The van der Waals surface area contributed by atoms with Gasteiger partial charge in [-0.3, -0.25) is 4.79 Å². The van der Waals surface area contributed by atoms with Gasteiger partial charge in [-0.15, -0.1) is 0 Å². The Labute approximate surface area is 168 Å². The zero-order valence-electron chi connectivity index (χ0n) is 16.3. The van der Waals surface area contributed by atoms with Crippen molar-refractivity contribution in [1.29, 1.82) is 0 Å². The normalized spacial score (nSPS) is 13.3. The third kappa shape index (κ3) is 4.84. The SMILES string of the molecule is CC(C)NC(=O)Nc1cccc(Oc2ccc3nc(NC(=O)C4CC4)cn3c2)c1. The molecule has 2 heterocycles. The highest BCUT2D eigenvalue weighted by molar-refractivity contribution is 5.93. The number of urea groups is 1. The van der Waals surface area contributed by atoms with E-state index in [2.05, 4.69) is 20.9 Å². The molecule has 0 radical (unpaired) electrons. The Morgan fingerprint density at radius 3 is 2.69 bits per heavy atom. The van der Waals surface area contributed by atoms with Crippen LogP contribution >= 0.6 is 0 Å². The van der Waals surface area contributed by atoms with E-state index in [0.29, 0.717) is 28.7 Å². The molecule has 8 nitrogen and oxygen atoms in total. The predicted molar refractivity (Wildman–Crippen MR) is 110 cm³/mol. The Morgan fingerprint density at radius 1 is 1.10 bits per heavy atom. The van der Waals surface area contributed by atoms with E-state index >= 15 is 0 Å². The summed E-state index contributed by atoms with van der Waals surface area (Å²) < 4.78 is 7.72. The Kier molecular flexibility index (Phi) is 5.07. The molecule has 0 spiro atoms. The van der Waals surface area contributed by atoms with Crippen LogP contribution in [0.3, 0.4) is 0 Å². The molecule has 3 N–H and O–H groups in total. The summed E-state index contributed by atoms with van der Waals surface area (Å²) in [5, 5.41) is 8.40. The van der Waals surface area contributed by atoms with Crippen molar-refractivity contribution in [3.8, 4) is 11.5 Å². The van der Waals surface area contributed by atoms with E-state index in [0.717, 1.165) is 12.8 Å². The molecule has 0 unspecified atom stereocenters. The summed E-state index contributed by atoms with van der Waals surface area (Å²) in [5.41, 5.74) is 1.35. The van der Waals surface area contributed by atoms with Gasteiger partial charge in [0.05, 0.1) is 12.4 Å². The molecule has 1 fully saturated rings. The number of carbonyl (C=O) groups excluding carboxylic acids is 2. The molecule has 0 aliphatic heterocycles. The number of amides is 3. The summed E-state index contributed by atoms with van der Waals surface area (Å²) in [7, 11) is 0. The lowest BCUT2D eigenvalue weighted by Gasteiger charge is -2.11. The van der Waals surface area contributed by atoms with Crippen LogP contribution in [0.2, 0.25) is 0 Å². The van der Waals surface area contributed by atoms with Crippen molar-refractivity contribution in [3.63, 3.8) is 0 Å². The molecule has 2 aromatic heterocycles. The molecule has 1 saturated carbocycles. The second kappa shape index (κ2) is 7.83. The molecule has 1 aliphatic carbocycles. The van der Waals surface area contributed by atoms with Crippen molar-refractivity contribution in [3.05, 3.63) is 48.8 Å².